The molecule has 0 unspecified atom stereocenters. The number of anilines is 3. The predicted molar refractivity (Wildman–Crippen MR) is 157 cm³/mol. The van der Waals surface area contributed by atoms with Crippen molar-refractivity contribution in [2.24, 2.45) is 0 Å². The molecule has 5 rings (SSSR count). The lowest BCUT2D eigenvalue weighted by molar-refractivity contribution is 0.208. The Kier molecular flexibility index (Phi) is 8.29. The molecular weight excluding hydrogens is 544 g/mol. The Hall–Kier alpha value is -4.71. The first-order valence-corrected chi connectivity index (χ1v) is 14.5. The standard InChI is InChI=1S/C29H32N6O5S/c1-39-25-12-13-27(28(18-25)40-2)32-29(36)34-16-14-33(15-17-34)23-8-10-24(11-9-23)35(20-22-19-30-21-31-22)41(37,38)26-6-4-3-5-7-26/h3-13,18-19,21H,14-17,20H2,1-2H3,(H,30,31)(H,32,36). The molecule has 1 aromatic heterocycles. The van der Waals surface area contributed by atoms with Gasteiger partial charge in [-0.3, -0.25) is 4.31 Å². The number of rotatable bonds is 9. The first kappa shape index (κ1) is 27.8. The molecule has 2 heterocycles. The maximum absolute atomic E-state index is 13.6. The molecule has 1 saturated heterocycles. The minimum absolute atomic E-state index is 0.114. The predicted octanol–water partition coefficient (Wildman–Crippen LogP) is 4.18. The van der Waals surface area contributed by atoms with Crippen LogP contribution in [0.5, 0.6) is 11.5 Å². The van der Waals surface area contributed by atoms with Gasteiger partial charge in [0.1, 0.15) is 11.5 Å². The maximum atomic E-state index is 13.6. The van der Waals surface area contributed by atoms with Crippen LogP contribution < -0.4 is 24.0 Å². The van der Waals surface area contributed by atoms with Crippen LogP contribution in [0.25, 0.3) is 0 Å². The number of carbonyl (C=O) groups excluding carboxylic acids is 1. The molecule has 0 aliphatic carbocycles. The fourth-order valence-corrected chi connectivity index (χ4v) is 6.12. The molecule has 0 saturated carbocycles. The highest BCUT2D eigenvalue weighted by Gasteiger charge is 2.27. The Morgan fingerprint density at radius 1 is 0.976 bits per heavy atom. The van der Waals surface area contributed by atoms with Gasteiger partial charge in [-0.15, -0.1) is 0 Å². The number of hydrogen-bond acceptors (Lipinski definition) is 7. The Balaban J connectivity index is 1.26. The summed E-state index contributed by atoms with van der Waals surface area (Å²) >= 11 is 0. The Labute approximate surface area is 239 Å². The summed E-state index contributed by atoms with van der Waals surface area (Å²) in [7, 11) is -0.698. The summed E-state index contributed by atoms with van der Waals surface area (Å²) in [6.07, 6.45) is 3.14. The van der Waals surface area contributed by atoms with Crippen molar-refractivity contribution in [2.45, 2.75) is 11.4 Å². The number of carbonyl (C=O) groups is 1. The van der Waals surface area contributed by atoms with E-state index >= 15 is 0 Å². The summed E-state index contributed by atoms with van der Waals surface area (Å²) in [4.78, 5) is 24.1. The zero-order valence-electron chi connectivity index (χ0n) is 22.9. The van der Waals surface area contributed by atoms with Crippen molar-refractivity contribution in [2.75, 3.05) is 54.9 Å². The Bertz CT molecular complexity index is 1560. The second kappa shape index (κ2) is 12.2. The molecule has 12 heteroatoms. The summed E-state index contributed by atoms with van der Waals surface area (Å²) in [6, 6.07) is 20.8. The fraction of sp³-hybridized carbons (Fsp3) is 0.241. The fourth-order valence-electron chi connectivity index (χ4n) is 4.65. The summed E-state index contributed by atoms with van der Waals surface area (Å²) in [5.74, 6) is 1.16. The van der Waals surface area contributed by atoms with Crippen molar-refractivity contribution < 1.29 is 22.7 Å². The average molecular weight is 577 g/mol. The van der Waals surface area contributed by atoms with E-state index in [0.717, 1.165) is 5.69 Å². The van der Waals surface area contributed by atoms with Gasteiger partial charge in [-0.2, -0.15) is 0 Å². The van der Waals surface area contributed by atoms with Gasteiger partial charge in [0, 0.05) is 44.1 Å². The molecule has 1 aliphatic rings. The number of urea groups is 1. The van der Waals surface area contributed by atoms with E-state index in [1.54, 1.807) is 86.0 Å². The lowest BCUT2D eigenvalue weighted by Crippen LogP contribution is -2.50. The zero-order valence-corrected chi connectivity index (χ0v) is 23.7. The van der Waals surface area contributed by atoms with Crippen LogP contribution in [0.1, 0.15) is 5.69 Å². The zero-order chi connectivity index (χ0) is 28.8. The van der Waals surface area contributed by atoms with Gasteiger partial charge in [0.2, 0.25) is 0 Å². The van der Waals surface area contributed by atoms with Gasteiger partial charge in [0.15, 0.2) is 0 Å². The van der Waals surface area contributed by atoms with E-state index in [-0.39, 0.29) is 17.5 Å². The number of sulfonamides is 1. The van der Waals surface area contributed by atoms with Gasteiger partial charge in [-0.1, -0.05) is 18.2 Å². The molecule has 1 fully saturated rings. The third-order valence-electron chi connectivity index (χ3n) is 6.92. The molecule has 4 aromatic rings. The normalized spacial score (nSPS) is 13.5. The molecule has 41 heavy (non-hydrogen) atoms. The van der Waals surface area contributed by atoms with Crippen LogP contribution in [0.4, 0.5) is 21.9 Å². The smallest absolute Gasteiger partial charge is 0.322 e. The van der Waals surface area contributed by atoms with Crippen LogP contribution >= 0.6 is 0 Å². The van der Waals surface area contributed by atoms with Crippen molar-refractivity contribution in [3.63, 3.8) is 0 Å². The maximum Gasteiger partial charge on any atom is 0.322 e. The van der Waals surface area contributed by atoms with Gasteiger partial charge in [-0.25, -0.2) is 18.2 Å². The molecule has 0 radical (unpaired) electrons. The van der Waals surface area contributed by atoms with Gasteiger partial charge in [0.05, 0.1) is 49.1 Å². The highest BCUT2D eigenvalue weighted by atomic mass is 32.2. The molecule has 0 bridgehead atoms. The number of methoxy groups -OCH3 is 2. The number of imidazole rings is 1. The van der Waals surface area contributed by atoms with E-state index in [9.17, 15) is 13.2 Å². The van der Waals surface area contributed by atoms with E-state index in [2.05, 4.69) is 20.2 Å². The molecular formula is C29H32N6O5S. The molecule has 0 atom stereocenters. The van der Waals surface area contributed by atoms with Crippen LogP contribution in [0, 0.1) is 0 Å². The number of amides is 2. The average Bonchev–Trinajstić information content (AvgIpc) is 3.54. The SMILES string of the molecule is COc1ccc(NC(=O)N2CCN(c3ccc(N(Cc4cnc[nH]4)S(=O)(=O)c4ccccc4)cc3)CC2)c(OC)c1. The molecule has 214 valence electrons. The quantitative estimate of drug-likeness (QED) is 0.307. The second-order valence-corrected chi connectivity index (χ2v) is 11.3. The number of aromatic nitrogens is 2. The van der Waals surface area contributed by atoms with Gasteiger partial charge >= 0.3 is 6.03 Å². The van der Waals surface area contributed by atoms with Crippen LogP contribution in [0.15, 0.2) is 90.2 Å². The lowest BCUT2D eigenvalue weighted by Gasteiger charge is -2.36. The summed E-state index contributed by atoms with van der Waals surface area (Å²) < 4.78 is 39.1. The minimum Gasteiger partial charge on any atom is -0.497 e. The van der Waals surface area contributed by atoms with Crippen LogP contribution in [-0.4, -0.2) is 69.7 Å². The van der Waals surface area contributed by atoms with E-state index in [0.29, 0.717) is 54.7 Å². The molecule has 1 aliphatic heterocycles. The number of nitrogens with zero attached hydrogens (tertiary/aromatic N) is 4. The van der Waals surface area contributed by atoms with Gasteiger partial charge < -0.3 is 29.6 Å². The molecule has 3 aromatic carbocycles. The van der Waals surface area contributed by atoms with E-state index in [1.807, 2.05) is 12.1 Å². The molecule has 0 spiro atoms. The Morgan fingerprint density at radius 3 is 2.34 bits per heavy atom. The third kappa shape index (κ3) is 6.22. The number of hydrogen-bond donors (Lipinski definition) is 2. The van der Waals surface area contributed by atoms with Crippen molar-refractivity contribution >= 4 is 33.1 Å². The minimum atomic E-state index is -3.81. The second-order valence-electron chi connectivity index (χ2n) is 9.39. The van der Waals surface area contributed by atoms with Crippen LogP contribution in [0.2, 0.25) is 0 Å². The number of piperazine rings is 1. The number of ether oxygens (including phenoxy) is 2. The highest BCUT2D eigenvalue weighted by molar-refractivity contribution is 7.92. The topological polar surface area (TPSA) is 120 Å². The number of aromatic amines is 1. The lowest BCUT2D eigenvalue weighted by atomic mass is 10.2. The first-order chi connectivity index (χ1) is 19.9. The van der Waals surface area contributed by atoms with Crippen molar-refractivity contribution in [3.05, 3.63) is 91.0 Å². The third-order valence-corrected chi connectivity index (χ3v) is 8.71. The largest absolute Gasteiger partial charge is 0.497 e. The molecule has 11 nitrogen and oxygen atoms in total. The van der Waals surface area contributed by atoms with Crippen LogP contribution in [0.3, 0.4) is 0 Å². The molecule has 2 amide bonds. The van der Waals surface area contributed by atoms with E-state index in [1.165, 1.54) is 10.6 Å². The monoisotopic (exact) mass is 576 g/mol. The van der Waals surface area contributed by atoms with Gasteiger partial charge in [0.25, 0.3) is 10.0 Å². The highest BCUT2D eigenvalue weighted by Crippen LogP contribution is 2.30. The van der Waals surface area contributed by atoms with Crippen LogP contribution in [-0.2, 0) is 16.6 Å². The van der Waals surface area contributed by atoms with Crippen molar-refractivity contribution in [3.8, 4) is 11.5 Å². The summed E-state index contributed by atoms with van der Waals surface area (Å²) in [5.41, 5.74) is 2.74. The number of H-pyrrole nitrogens is 1. The van der Waals surface area contributed by atoms with E-state index in [4.69, 9.17) is 9.47 Å². The van der Waals surface area contributed by atoms with E-state index < -0.39 is 10.0 Å². The summed E-state index contributed by atoms with van der Waals surface area (Å²) in [6.45, 7) is 2.43. The number of nitrogens with one attached hydrogen (secondary N) is 2. The molecule has 2 N–H and O–H groups in total. The van der Waals surface area contributed by atoms with Crippen molar-refractivity contribution in [1.82, 2.24) is 14.9 Å². The van der Waals surface area contributed by atoms with Gasteiger partial charge in [-0.05, 0) is 48.5 Å². The first-order valence-electron chi connectivity index (χ1n) is 13.1. The number of benzene rings is 3. The van der Waals surface area contributed by atoms with Crippen molar-refractivity contribution in [1.29, 1.82) is 0 Å². The summed E-state index contributed by atoms with van der Waals surface area (Å²) in [5, 5.41) is 2.92. The Morgan fingerprint density at radius 2 is 1.71 bits per heavy atom.